The number of fused-ring (bicyclic) bond motifs is 2. The summed E-state index contributed by atoms with van der Waals surface area (Å²) >= 11 is 0. The molecule has 0 radical (unpaired) electrons. The van der Waals surface area contributed by atoms with Crippen molar-refractivity contribution in [3.05, 3.63) is 59.7 Å². The molecule has 5 heteroatoms. The van der Waals surface area contributed by atoms with E-state index in [-0.39, 0.29) is 24.2 Å². The van der Waals surface area contributed by atoms with Gasteiger partial charge >= 0.3 is 0 Å². The van der Waals surface area contributed by atoms with Gasteiger partial charge in [-0.1, -0.05) is 36.4 Å². The molecule has 2 atom stereocenters. The Labute approximate surface area is 171 Å². The van der Waals surface area contributed by atoms with Gasteiger partial charge in [0.15, 0.2) is 0 Å². The zero-order valence-corrected chi connectivity index (χ0v) is 16.6. The van der Waals surface area contributed by atoms with Gasteiger partial charge in [-0.25, -0.2) is 0 Å². The fourth-order valence-corrected chi connectivity index (χ4v) is 4.65. The van der Waals surface area contributed by atoms with Crippen LogP contribution in [0.3, 0.4) is 0 Å². The maximum Gasteiger partial charge on any atom is 0.261 e. The molecule has 3 aliphatic rings. The third-order valence-corrected chi connectivity index (χ3v) is 6.19. The number of rotatable bonds is 5. The topological polar surface area (TPSA) is 48.0 Å². The van der Waals surface area contributed by atoms with Crippen molar-refractivity contribution in [1.29, 1.82) is 0 Å². The van der Waals surface area contributed by atoms with Gasteiger partial charge in [-0.2, -0.15) is 0 Å². The number of carbonyl (C=O) groups excluding carboxylic acids is 1. The molecule has 2 heterocycles. The molecule has 29 heavy (non-hydrogen) atoms. The van der Waals surface area contributed by atoms with Crippen molar-refractivity contribution in [3.63, 3.8) is 0 Å². The van der Waals surface area contributed by atoms with Gasteiger partial charge in [0.25, 0.3) is 5.91 Å². The van der Waals surface area contributed by atoms with Crippen LogP contribution in [0.15, 0.2) is 48.5 Å². The lowest BCUT2D eigenvalue weighted by molar-refractivity contribution is 0.0435. The largest absolute Gasteiger partial charge is 0.490 e. The number of hydrogen-bond donors (Lipinski definition) is 0. The molecule has 0 bridgehead atoms. The molecule has 5 nitrogen and oxygen atoms in total. The molecule has 0 spiro atoms. The highest BCUT2D eigenvalue weighted by atomic mass is 16.5. The first-order valence-corrected chi connectivity index (χ1v) is 10.7. The van der Waals surface area contributed by atoms with Crippen molar-refractivity contribution in [2.45, 2.75) is 57.0 Å². The Bertz CT molecular complexity index is 862. The van der Waals surface area contributed by atoms with Crippen LogP contribution in [0.2, 0.25) is 0 Å². The van der Waals surface area contributed by atoms with Gasteiger partial charge < -0.3 is 19.1 Å². The summed E-state index contributed by atoms with van der Waals surface area (Å²) < 4.78 is 18.4. The van der Waals surface area contributed by atoms with Gasteiger partial charge in [0.1, 0.15) is 23.7 Å². The normalized spacial score (nSPS) is 24.0. The van der Waals surface area contributed by atoms with E-state index >= 15 is 0 Å². The number of benzene rings is 2. The number of ether oxygens (including phenoxy) is 3. The summed E-state index contributed by atoms with van der Waals surface area (Å²) in [6.45, 7) is 1.65. The van der Waals surface area contributed by atoms with Gasteiger partial charge in [-0.3, -0.25) is 4.79 Å². The zero-order chi connectivity index (χ0) is 19.6. The monoisotopic (exact) mass is 393 g/mol. The molecule has 2 aromatic carbocycles. The van der Waals surface area contributed by atoms with E-state index in [4.69, 9.17) is 14.2 Å². The minimum Gasteiger partial charge on any atom is -0.490 e. The Hall–Kier alpha value is -2.53. The summed E-state index contributed by atoms with van der Waals surface area (Å²) in [5.41, 5.74) is 1.72. The van der Waals surface area contributed by atoms with E-state index < -0.39 is 0 Å². The van der Waals surface area contributed by atoms with Crippen LogP contribution < -0.4 is 9.47 Å². The van der Waals surface area contributed by atoms with E-state index in [9.17, 15) is 4.79 Å². The van der Waals surface area contributed by atoms with Crippen LogP contribution in [0.5, 0.6) is 11.5 Å². The fraction of sp³-hybridized carbons (Fsp3) is 0.458. The Morgan fingerprint density at radius 3 is 2.66 bits per heavy atom. The summed E-state index contributed by atoms with van der Waals surface area (Å²) in [5, 5.41) is 0. The molecular weight excluding hydrogens is 366 g/mol. The molecule has 5 rings (SSSR count). The molecule has 1 aliphatic carbocycles. The molecule has 1 saturated heterocycles. The highest BCUT2D eigenvalue weighted by molar-refractivity contribution is 6.00. The van der Waals surface area contributed by atoms with Gasteiger partial charge in [-0.05, 0) is 49.8 Å². The number of hydrogen-bond acceptors (Lipinski definition) is 4. The molecule has 152 valence electrons. The second kappa shape index (κ2) is 8.07. The lowest BCUT2D eigenvalue weighted by atomic mass is 10.1. The summed E-state index contributed by atoms with van der Waals surface area (Å²) in [4.78, 5) is 15.4. The van der Waals surface area contributed by atoms with Crippen LogP contribution >= 0.6 is 0 Å². The Morgan fingerprint density at radius 2 is 1.83 bits per heavy atom. The molecule has 0 N–H and O–H groups in total. The summed E-state index contributed by atoms with van der Waals surface area (Å²) in [6, 6.07) is 15.9. The Morgan fingerprint density at radius 1 is 1.00 bits per heavy atom. The van der Waals surface area contributed by atoms with Crippen LogP contribution in [-0.2, 0) is 11.3 Å². The lowest BCUT2D eigenvalue weighted by Crippen LogP contribution is -2.37. The van der Waals surface area contributed by atoms with E-state index in [1.807, 2.05) is 41.3 Å². The first kappa shape index (κ1) is 18.5. The smallest absolute Gasteiger partial charge is 0.261 e. The number of nitrogens with zero attached hydrogens (tertiary/aromatic N) is 1. The molecule has 2 aliphatic heterocycles. The first-order chi connectivity index (χ1) is 14.3. The first-order valence-electron chi connectivity index (χ1n) is 10.7. The third kappa shape index (κ3) is 3.84. The van der Waals surface area contributed by atoms with E-state index in [1.165, 1.54) is 12.8 Å². The highest BCUT2D eigenvalue weighted by Crippen LogP contribution is 2.37. The highest BCUT2D eigenvalue weighted by Gasteiger charge is 2.41. The quantitative estimate of drug-likeness (QED) is 0.764. The number of amides is 1. The molecule has 0 aromatic heterocycles. The number of carbonyl (C=O) groups is 1. The fourth-order valence-electron chi connectivity index (χ4n) is 4.65. The third-order valence-electron chi connectivity index (χ3n) is 6.19. The van der Waals surface area contributed by atoms with Crippen LogP contribution in [0.4, 0.5) is 0 Å². The van der Waals surface area contributed by atoms with Crippen molar-refractivity contribution < 1.29 is 19.0 Å². The maximum atomic E-state index is 13.4. The van der Waals surface area contributed by atoms with Crippen LogP contribution in [0.1, 0.15) is 48.0 Å². The van der Waals surface area contributed by atoms with E-state index in [1.54, 1.807) is 0 Å². The Balaban J connectivity index is 1.31. The van der Waals surface area contributed by atoms with Crippen molar-refractivity contribution in [2.24, 2.45) is 0 Å². The minimum atomic E-state index is 0.00177. The van der Waals surface area contributed by atoms with Crippen molar-refractivity contribution >= 4 is 5.91 Å². The van der Waals surface area contributed by atoms with Gasteiger partial charge in [0.2, 0.25) is 0 Å². The van der Waals surface area contributed by atoms with Gasteiger partial charge in [0, 0.05) is 6.54 Å². The van der Waals surface area contributed by atoms with E-state index in [0.717, 1.165) is 24.8 Å². The van der Waals surface area contributed by atoms with Gasteiger partial charge in [0.05, 0.1) is 24.9 Å². The molecule has 0 unspecified atom stereocenters. The van der Waals surface area contributed by atoms with Crippen molar-refractivity contribution in [1.82, 2.24) is 4.90 Å². The van der Waals surface area contributed by atoms with Crippen molar-refractivity contribution in [3.8, 4) is 11.5 Å². The maximum absolute atomic E-state index is 13.4. The van der Waals surface area contributed by atoms with Crippen LogP contribution in [0.25, 0.3) is 0 Å². The average molecular weight is 393 g/mol. The zero-order valence-electron chi connectivity index (χ0n) is 16.6. The molecule has 1 amide bonds. The van der Waals surface area contributed by atoms with Crippen molar-refractivity contribution in [2.75, 3.05) is 13.2 Å². The second-order valence-corrected chi connectivity index (χ2v) is 8.23. The minimum absolute atomic E-state index is 0.00177. The lowest BCUT2D eigenvalue weighted by Gasteiger charge is -2.22. The summed E-state index contributed by atoms with van der Waals surface area (Å²) in [5.74, 6) is 1.30. The predicted molar refractivity (Wildman–Crippen MR) is 109 cm³/mol. The standard InChI is InChI=1S/C24H27NO4/c26-24-23-21(11-6-12-22(23)29-19-9-4-5-10-19)28-16-18-13-20(14-25(18)24)27-15-17-7-2-1-3-8-17/h1-3,6-8,11-12,18-20H,4-5,9-10,13-16H2/t18-,20+/m1/s1. The second-order valence-electron chi connectivity index (χ2n) is 8.23. The average Bonchev–Trinajstić information content (AvgIpc) is 3.38. The molecule has 2 aromatic rings. The van der Waals surface area contributed by atoms with Crippen LogP contribution in [0, 0.1) is 0 Å². The molecular formula is C24H27NO4. The summed E-state index contributed by atoms with van der Waals surface area (Å²) in [7, 11) is 0. The Kier molecular flexibility index (Phi) is 5.15. The summed E-state index contributed by atoms with van der Waals surface area (Å²) in [6.07, 6.45) is 5.52. The van der Waals surface area contributed by atoms with Gasteiger partial charge in [-0.15, -0.1) is 0 Å². The van der Waals surface area contributed by atoms with E-state index in [2.05, 4.69) is 12.1 Å². The predicted octanol–water partition coefficient (Wildman–Crippen LogP) is 4.20. The SMILES string of the molecule is O=C1c2c(cccc2OC2CCCC2)OC[C@H]2C[C@H](OCc3ccccc3)CN12. The molecule has 2 fully saturated rings. The van der Waals surface area contributed by atoms with Crippen LogP contribution in [-0.4, -0.2) is 42.2 Å². The molecule has 1 saturated carbocycles. The van der Waals surface area contributed by atoms with E-state index in [0.29, 0.717) is 36.8 Å².